The summed E-state index contributed by atoms with van der Waals surface area (Å²) in [5.74, 6) is 0.934. The molecule has 2 aromatic carbocycles. The van der Waals surface area contributed by atoms with E-state index in [4.69, 9.17) is 9.47 Å². The second-order valence-corrected chi connectivity index (χ2v) is 5.13. The first-order valence-corrected chi connectivity index (χ1v) is 7.53. The van der Waals surface area contributed by atoms with E-state index in [2.05, 4.69) is 15.6 Å². The first-order chi connectivity index (χ1) is 11.7. The molecule has 1 heterocycles. The molecule has 0 saturated heterocycles. The average Bonchev–Trinajstić information content (AvgIpc) is 3.03. The molecule has 0 aliphatic heterocycles. The van der Waals surface area contributed by atoms with Gasteiger partial charge < -0.3 is 14.8 Å². The normalized spacial score (nSPS) is 10.6. The van der Waals surface area contributed by atoms with Crippen LogP contribution in [0.3, 0.4) is 0 Å². The smallest absolute Gasteiger partial charge is 0.255 e. The number of hydrogen-bond acceptors (Lipinski definition) is 5. The summed E-state index contributed by atoms with van der Waals surface area (Å²) < 4.78 is 12.2. The Bertz CT molecular complexity index is 889. The Kier molecular flexibility index (Phi) is 4.33. The molecule has 7 heteroatoms. The van der Waals surface area contributed by atoms with Crippen LogP contribution in [0.4, 0.5) is 5.69 Å². The van der Waals surface area contributed by atoms with Crippen molar-refractivity contribution in [3.8, 4) is 11.5 Å². The molecule has 0 spiro atoms. The highest BCUT2D eigenvalue weighted by Gasteiger charge is 2.13. The number of ether oxygens (including phenoxy) is 2. The maximum Gasteiger partial charge on any atom is 0.255 e. The molecule has 124 valence electrons. The van der Waals surface area contributed by atoms with Crippen LogP contribution < -0.4 is 14.8 Å². The summed E-state index contributed by atoms with van der Waals surface area (Å²) in [4.78, 5) is 12.5. The molecule has 0 saturated carbocycles. The molecule has 1 N–H and O–H groups in total. The van der Waals surface area contributed by atoms with E-state index in [9.17, 15) is 4.79 Å². The standard InChI is InChI=1S/C17H18N4O3/c1-4-21-15-7-5-11(9-13(15)19-20-21)17(22)18-14-10-12(23-2)6-8-16(14)24-3/h5-10H,4H2,1-3H3,(H,18,22). The zero-order valence-electron chi connectivity index (χ0n) is 13.7. The lowest BCUT2D eigenvalue weighted by atomic mass is 10.1. The molecule has 24 heavy (non-hydrogen) atoms. The molecule has 3 rings (SSSR count). The summed E-state index contributed by atoms with van der Waals surface area (Å²) in [5, 5.41) is 11.0. The Morgan fingerprint density at radius 1 is 1.17 bits per heavy atom. The van der Waals surface area contributed by atoms with Crippen LogP contribution in [0.25, 0.3) is 11.0 Å². The van der Waals surface area contributed by atoms with Gasteiger partial charge >= 0.3 is 0 Å². The lowest BCUT2D eigenvalue weighted by Gasteiger charge is -2.11. The predicted molar refractivity (Wildman–Crippen MR) is 90.7 cm³/mol. The van der Waals surface area contributed by atoms with Crippen LogP contribution in [-0.2, 0) is 6.54 Å². The molecule has 0 bridgehead atoms. The van der Waals surface area contributed by atoms with Crippen LogP contribution in [0, 0.1) is 0 Å². The van der Waals surface area contributed by atoms with Gasteiger partial charge in [-0.2, -0.15) is 0 Å². The molecule has 1 aromatic heterocycles. The van der Waals surface area contributed by atoms with Gasteiger partial charge in [-0.25, -0.2) is 4.68 Å². The van der Waals surface area contributed by atoms with Crippen molar-refractivity contribution in [1.82, 2.24) is 15.0 Å². The summed E-state index contributed by atoms with van der Waals surface area (Å²) in [6.07, 6.45) is 0. The SMILES string of the molecule is CCn1nnc2cc(C(=O)Nc3cc(OC)ccc3OC)ccc21. The Morgan fingerprint density at radius 3 is 2.71 bits per heavy atom. The van der Waals surface area contributed by atoms with Gasteiger partial charge in [0, 0.05) is 18.2 Å². The van der Waals surface area contributed by atoms with Crippen molar-refractivity contribution in [1.29, 1.82) is 0 Å². The van der Waals surface area contributed by atoms with Crippen LogP contribution in [0.1, 0.15) is 17.3 Å². The third-order valence-corrected chi connectivity index (χ3v) is 3.73. The van der Waals surface area contributed by atoms with E-state index in [1.807, 2.05) is 13.0 Å². The molecule has 0 aliphatic rings. The Labute approximate surface area is 139 Å². The fourth-order valence-electron chi connectivity index (χ4n) is 2.45. The van der Waals surface area contributed by atoms with E-state index < -0.39 is 0 Å². The topological polar surface area (TPSA) is 78.3 Å². The molecule has 0 fully saturated rings. The minimum absolute atomic E-state index is 0.255. The van der Waals surface area contributed by atoms with Gasteiger partial charge in [-0.15, -0.1) is 5.10 Å². The predicted octanol–water partition coefficient (Wildman–Crippen LogP) is 2.72. The van der Waals surface area contributed by atoms with Gasteiger partial charge in [0.15, 0.2) is 0 Å². The van der Waals surface area contributed by atoms with Gasteiger partial charge in [0.25, 0.3) is 5.91 Å². The van der Waals surface area contributed by atoms with E-state index in [0.717, 1.165) is 12.1 Å². The van der Waals surface area contributed by atoms with Crippen LogP contribution in [0.5, 0.6) is 11.5 Å². The monoisotopic (exact) mass is 326 g/mol. The number of benzene rings is 2. The molecule has 1 amide bonds. The number of fused-ring (bicyclic) bond motifs is 1. The lowest BCUT2D eigenvalue weighted by molar-refractivity contribution is 0.102. The molecule has 3 aromatic rings. The number of carbonyl (C=O) groups excluding carboxylic acids is 1. The van der Waals surface area contributed by atoms with Crippen LogP contribution in [-0.4, -0.2) is 35.1 Å². The van der Waals surface area contributed by atoms with Gasteiger partial charge in [0.2, 0.25) is 0 Å². The summed E-state index contributed by atoms with van der Waals surface area (Å²) in [6.45, 7) is 2.72. The third kappa shape index (κ3) is 2.88. The first kappa shape index (κ1) is 15.8. The molecular weight excluding hydrogens is 308 g/mol. The number of rotatable bonds is 5. The van der Waals surface area contributed by atoms with Gasteiger partial charge in [-0.05, 0) is 37.3 Å². The molecule has 0 atom stereocenters. The number of amides is 1. The number of carbonyl (C=O) groups is 1. The van der Waals surface area contributed by atoms with E-state index >= 15 is 0 Å². The van der Waals surface area contributed by atoms with Gasteiger partial charge in [0.1, 0.15) is 17.0 Å². The molecule has 0 aliphatic carbocycles. The first-order valence-electron chi connectivity index (χ1n) is 7.53. The number of aryl methyl sites for hydroxylation is 1. The summed E-state index contributed by atoms with van der Waals surface area (Å²) in [6, 6.07) is 10.5. The second kappa shape index (κ2) is 6.57. The average molecular weight is 326 g/mol. The minimum Gasteiger partial charge on any atom is -0.497 e. The van der Waals surface area contributed by atoms with Crippen molar-refractivity contribution >= 4 is 22.6 Å². The lowest BCUT2D eigenvalue weighted by Crippen LogP contribution is -2.12. The largest absolute Gasteiger partial charge is 0.497 e. The zero-order valence-corrected chi connectivity index (χ0v) is 13.7. The second-order valence-electron chi connectivity index (χ2n) is 5.13. The van der Waals surface area contributed by atoms with Crippen molar-refractivity contribution in [2.45, 2.75) is 13.5 Å². The fourth-order valence-corrected chi connectivity index (χ4v) is 2.45. The molecule has 7 nitrogen and oxygen atoms in total. The third-order valence-electron chi connectivity index (χ3n) is 3.73. The van der Waals surface area contributed by atoms with Crippen molar-refractivity contribution in [3.63, 3.8) is 0 Å². The number of aromatic nitrogens is 3. The number of hydrogen-bond donors (Lipinski definition) is 1. The number of nitrogens with zero attached hydrogens (tertiary/aromatic N) is 3. The Balaban J connectivity index is 1.89. The highest BCUT2D eigenvalue weighted by Crippen LogP contribution is 2.29. The quantitative estimate of drug-likeness (QED) is 0.780. The van der Waals surface area contributed by atoms with Gasteiger partial charge in [-0.1, -0.05) is 5.21 Å². The molecule has 0 unspecified atom stereocenters. The van der Waals surface area contributed by atoms with Crippen LogP contribution >= 0.6 is 0 Å². The van der Waals surface area contributed by atoms with Crippen LogP contribution in [0.2, 0.25) is 0 Å². The fraction of sp³-hybridized carbons (Fsp3) is 0.235. The summed E-state index contributed by atoms with van der Waals surface area (Å²) >= 11 is 0. The summed E-state index contributed by atoms with van der Waals surface area (Å²) in [5.41, 5.74) is 2.62. The highest BCUT2D eigenvalue weighted by molar-refractivity contribution is 6.06. The highest BCUT2D eigenvalue weighted by atomic mass is 16.5. The Hall–Kier alpha value is -3.09. The van der Waals surface area contributed by atoms with Gasteiger partial charge in [0.05, 0.1) is 25.4 Å². The van der Waals surface area contributed by atoms with Crippen molar-refractivity contribution in [2.24, 2.45) is 0 Å². The number of anilines is 1. The zero-order chi connectivity index (χ0) is 17.1. The number of nitrogens with one attached hydrogen (secondary N) is 1. The Morgan fingerprint density at radius 2 is 2.00 bits per heavy atom. The maximum atomic E-state index is 12.5. The molecular formula is C17H18N4O3. The van der Waals surface area contributed by atoms with E-state index in [1.165, 1.54) is 0 Å². The molecule has 0 radical (unpaired) electrons. The van der Waals surface area contributed by atoms with Crippen molar-refractivity contribution < 1.29 is 14.3 Å². The minimum atomic E-state index is -0.255. The van der Waals surface area contributed by atoms with Gasteiger partial charge in [-0.3, -0.25) is 4.79 Å². The van der Waals surface area contributed by atoms with E-state index in [0.29, 0.717) is 28.3 Å². The van der Waals surface area contributed by atoms with E-state index in [-0.39, 0.29) is 5.91 Å². The summed E-state index contributed by atoms with van der Waals surface area (Å²) in [7, 11) is 3.12. The number of methoxy groups -OCH3 is 2. The maximum absolute atomic E-state index is 12.5. The van der Waals surface area contributed by atoms with Crippen molar-refractivity contribution in [3.05, 3.63) is 42.0 Å². The van der Waals surface area contributed by atoms with Crippen molar-refractivity contribution in [2.75, 3.05) is 19.5 Å². The van der Waals surface area contributed by atoms with Crippen LogP contribution in [0.15, 0.2) is 36.4 Å². The van der Waals surface area contributed by atoms with E-state index in [1.54, 1.807) is 49.2 Å².